The second-order valence-electron chi connectivity index (χ2n) is 6.75. The van der Waals surface area contributed by atoms with Gasteiger partial charge in [-0.05, 0) is 12.8 Å². The Morgan fingerprint density at radius 1 is 1.16 bits per heavy atom. The van der Waals surface area contributed by atoms with Crippen LogP contribution in [-0.2, 0) is 25.6 Å². The van der Waals surface area contributed by atoms with Crippen LogP contribution in [0, 0.1) is 0 Å². The van der Waals surface area contributed by atoms with E-state index >= 15 is 0 Å². The maximum absolute atomic E-state index is 12.6. The van der Waals surface area contributed by atoms with Crippen LogP contribution in [0.3, 0.4) is 0 Å². The first-order chi connectivity index (χ1) is 15.1. The van der Waals surface area contributed by atoms with E-state index in [-0.39, 0.29) is 31.1 Å². The smallest absolute Gasteiger partial charge is 0.322 e. The number of carboxylic acids is 1. The number of carbonyl (C=O) groups is 4. The van der Waals surface area contributed by atoms with Crippen LogP contribution in [0.5, 0.6) is 0 Å². The fraction of sp³-hybridized carbons (Fsp3) is 0.529. The topological polar surface area (TPSA) is 244 Å². The number of hydrogen-bond donors (Lipinski definition) is 9. The van der Waals surface area contributed by atoms with Crippen LogP contribution in [0.2, 0.25) is 0 Å². The molecule has 0 saturated carbocycles. The molecule has 0 bridgehead atoms. The standard InChI is InChI=1S/C17H29N9O5S/c18-10(4-9-5-21-8-24-9)14(29)26-12(7-32)16(31)25-11(2-1-3-22-17(19)20)15(30)23-6-13(27)28/h5,8,10-12,32H,1-4,6-7,18H2,(H,21,24)(H,23,30)(H,25,31)(H,26,29)(H,27,28)(H4,19,20,22). The summed E-state index contributed by atoms with van der Waals surface area (Å²) in [7, 11) is 0. The molecule has 1 heterocycles. The quantitative estimate of drug-likeness (QED) is 0.0563. The number of thiol groups is 1. The van der Waals surface area contributed by atoms with Gasteiger partial charge in [0.15, 0.2) is 5.96 Å². The van der Waals surface area contributed by atoms with E-state index in [2.05, 4.69) is 43.5 Å². The molecule has 32 heavy (non-hydrogen) atoms. The number of aliphatic imine (C=N–C) groups is 1. The lowest BCUT2D eigenvalue weighted by atomic mass is 10.1. The minimum Gasteiger partial charge on any atom is -0.480 e. The number of guanidine groups is 1. The van der Waals surface area contributed by atoms with E-state index in [9.17, 15) is 19.2 Å². The third kappa shape index (κ3) is 10.1. The number of nitrogens with one attached hydrogen (secondary N) is 4. The number of amides is 3. The predicted molar refractivity (Wildman–Crippen MR) is 119 cm³/mol. The summed E-state index contributed by atoms with van der Waals surface area (Å²) in [5, 5.41) is 15.9. The minimum atomic E-state index is -1.24. The average Bonchev–Trinajstić information content (AvgIpc) is 3.24. The number of rotatable bonds is 14. The van der Waals surface area contributed by atoms with E-state index < -0.39 is 48.4 Å². The number of nitrogens with zero attached hydrogens (tertiary/aromatic N) is 2. The number of aromatic amines is 1. The van der Waals surface area contributed by atoms with Gasteiger partial charge in [0.2, 0.25) is 17.7 Å². The molecule has 0 saturated heterocycles. The van der Waals surface area contributed by atoms with Gasteiger partial charge in [0.1, 0.15) is 18.6 Å². The lowest BCUT2D eigenvalue weighted by Gasteiger charge is -2.23. The predicted octanol–water partition coefficient (Wildman–Crippen LogP) is -3.57. The summed E-state index contributed by atoms with van der Waals surface area (Å²) in [5.74, 6) is -3.40. The Balaban J connectivity index is 2.72. The molecule has 0 fully saturated rings. The number of hydrogen-bond acceptors (Lipinski definition) is 8. The fourth-order valence-electron chi connectivity index (χ4n) is 2.53. The van der Waals surface area contributed by atoms with Gasteiger partial charge < -0.3 is 43.2 Å². The number of H-pyrrole nitrogens is 1. The maximum Gasteiger partial charge on any atom is 0.322 e. The van der Waals surface area contributed by atoms with Gasteiger partial charge in [-0.3, -0.25) is 24.2 Å². The highest BCUT2D eigenvalue weighted by Crippen LogP contribution is 2.02. The molecular weight excluding hydrogens is 442 g/mol. The van der Waals surface area contributed by atoms with Crippen molar-refractivity contribution in [2.75, 3.05) is 18.8 Å². The molecule has 3 unspecified atom stereocenters. The van der Waals surface area contributed by atoms with Gasteiger partial charge in [-0.2, -0.15) is 12.6 Å². The van der Waals surface area contributed by atoms with Gasteiger partial charge in [-0.1, -0.05) is 0 Å². The zero-order valence-corrected chi connectivity index (χ0v) is 18.2. The molecular formula is C17H29N9O5S. The highest BCUT2D eigenvalue weighted by Gasteiger charge is 2.27. The number of carboxylic acid groups (broad SMARTS) is 1. The molecule has 3 amide bonds. The van der Waals surface area contributed by atoms with Crippen LogP contribution in [0.1, 0.15) is 18.5 Å². The van der Waals surface area contributed by atoms with Gasteiger partial charge >= 0.3 is 5.97 Å². The molecule has 15 heteroatoms. The van der Waals surface area contributed by atoms with Crippen molar-refractivity contribution in [1.82, 2.24) is 25.9 Å². The third-order valence-corrected chi connectivity index (χ3v) is 4.50. The van der Waals surface area contributed by atoms with Crippen LogP contribution in [0.4, 0.5) is 0 Å². The lowest BCUT2D eigenvalue weighted by Crippen LogP contribution is -2.57. The van der Waals surface area contributed by atoms with Gasteiger partial charge in [0.25, 0.3) is 0 Å². The van der Waals surface area contributed by atoms with Crippen molar-refractivity contribution < 1.29 is 24.3 Å². The maximum atomic E-state index is 12.6. The molecule has 0 aliphatic rings. The Morgan fingerprint density at radius 3 is 2.41 bits per heavy atom. The first-order valence-corrected chi connectivity index (χ1v) is 10.3. The first kappa shape index (κ1) is 26.7. The minimum absolute atomic E-state index is 0.0637. The molecule has 0 radical (unpaired) electrons. The van der Waals surface area contributed by atoms with Crippen LogP contribution >= 0.6 is 12.6 Å². The number of aromatic nitrogens is 2. The monoisotopic (exact) mass is 471 g/mol. The Kier molecular flexibility index (Phi) is 11.6. The molecule has 0 aliphatic carbocycles. The van der Waals surface area contributed by atoms with Gasteiger partial charge in [-0.15, -0.1) is 0 Å². The summed E-state index contributed by atoms with van der Waals surface area (Å²) in [5.41, 5.74) is 17.0. The molecule has 1 rings (SSSR count). The second kappa shape index (κ2) is 13.9. The molecule has 1 aromatic heterocycles. The Morgan fingerprint density at radius 2 is 1.84 bits per heavy atom. The Labute approximate surface area is 189 Å². The van der Waals surface area contributed by atoms with E-state index in [1.54, 1.807) is 0 Å². The second-order valence-corrected chi connectivity index (χ2v) is 7.12. The zero-order chi connectivity index (χ0) is 24.1. The molecule has 0 aliphatic heterocycles. The van der Waals surface area contributed by atoms with Crippen molar-refractivity contribution in [1.29, 1.82) is 0 Å². The highest BCUT2D eigenvalue weighted by molar-refractivity contribution is 7.80. The Bertz CT molecular complexity index is 798. The average molecular weight is 472 g/mol. The fourth-order valence-corrected chi connectivity index (χ4v) is 2.79. The van der Waals surface area contributed by atoms with Crippen molar-refractivity contribution in [2.24, 2.45) is 22.2 Å². The molecule has 178 valence electrons. The van der Waals surface area contributed by atoms with Crippen LogP contribution < -0.4 is 33.2 Å². The van der Waals surface area contributed by atoms with Crippen molar-refractivity contribution in [2.45, 2.75) is 37.4 Å². The van der Waals surface area contributed by atoms with Crippen LogP contribution in [-0.4, -0.2) is 81.7 Å². The number of nitrogens with two attached hydrogens (primary N) is 3. The van der Waals surface area contributed by atoms with Crippen molar-refractivity contribution in [3.63, 3.8) is 0 Å². The summed E-state index contributed by atoms with van der Waals surface area (Å²) in [6.45, 7) is -0.412. The first-order valence-electron chi connectivity index (χ1n) is 9.63. The van der Waals surface area contributed by atoms with Crippen molar-refractivity contribution in [3.05, 3.63) is 18.2 Å². The third-order valence-electron chi connectivity index (χ3n) is 4.14. The summed E-state index contributed by atoms with van der Waals surface area (Å²) in [6.07, 6.45) is 3.61. The normalized spacial score (nSPS) is 13.3. The van der Waals surface area contributed by atoms with Gasteiger partial charge in [0.05, 0.1) is 12.4 Å². The summed E-state index contributed by atoms with van der Waals surface area (Å²) >= 11 is 4.08. The van der Waals surface area contributed by atoms with E-state index in [4.69, 9.17) is 22.3 Å². The SMILES string of the molecule is NC(N)=NCCCC(NC(=O)C(CS)NC(=O)C(N)Cc1cnc[nH]1)C(=O)NCC(=O)O. The molecule has 0 spiro atoms. The van der Waals surface area contributed by atoms with Crippen LogP contribution in [0.15, 0.2) is 17.5 Å². The number of carbonyl (C=O) groups excluding carboxylic acids is 3. The summed E-state index contributed by atoms with van der Waals surface area (Å²) < 4.78 is 0. The largest absolute Gasteiger partial charge is 0.480 e. The molecule has 11 N–H and O–H groups in total. The summed E-state index contributed by atoms with van der Waals surface area (Å²) in [4.78, 5) is 58.5. The molecule has 3 atom stereocenters. The highest BCUT2D eigenvalue weighted by atomic mass is 32.1. The lowest BCUT2D eigenvalue weighted by molar-refractivity contribution is -0.138. The van der Waals surface area contributed by atoms with Gasteiger partial charge in [-0.25, -0.2) is 4.98 Å². The van der Waals surface area contributed by atoms with Crippen molar-refractivity contribution >= 4 is 42.3 Å². The van der Waals surface area contributed by atoms with E-state index in [0.29, 0.717) is 12.1 Å². The van der Waals surface area contributed by atoms with Gasteiger partial charge in [0, 0.05) is 30.6 Å². The number of imidazole rings is 1. The van der Waals surface area contributed by atoms with E-state index in [0.717, 1.165) is 0 Å². The number of aliphatic carboxylic acids is 1. The van der Waals surface area contributed by atoms with Crippen molar-refractivity contribution in [3.8, 4) is 0 Å². The van der Waals surface area contributed by atoms with E-state index in [1.165, 1.54) is 12.5 Å². The molecule has 14 nitrogen and oxygen atoms in total. The van der Waals surface area contributed by atoms with Crippen LogP contribution in [0.25, 0.3) is 0 Å². The molecule has 1 aromatic rings. The Hall–Kier alpha value is -3.33. The zero-order valence-electron chi connectivity index (χ0n) is 17.3. The summed E-state index contributed by atoms with van der Waals surface area (Å²) in [6, 6.07) is -3.10. The van der Waals surface area contributed by atoms with E-state index in [1.807, 2.05) is 0 Å². The molecule has 0 aromatic carbocycles.